The van der Waals surface area contributed by atoms with E-state index in [0.29, 0.717) is 17.0 Å². The van der Waals surface area contributed by atoms with Gasteiger partial charge in [0, 0.05) is 12.2 Å². The highest BCUT2D eigenvalue weighted by Gasteiger charge is 2.26. The van der Waals surface area contributed by atoms with Crippen molar-refractivity contribution < 1.29 is 4.79 Å². The van der Waals surface area contributed by atoms with Crippen molar-refractivity contribution in [2.75, 3.05) is 0 Å². The number of carbonyl (C=O) groups excluding carboxylic acids is 1. The van der Waals surface area contributed by atoms with E-state index in [2.05, 4.69) is 25.5 Å². The largest absolute Gasteiger partial charge is 0.352 e. The van der Waals surface area contributed by atoms with Crippen LogP contribution in [-0.4, -0.2) is 37.4 Å². The number of aromatic nitrogens is 4. The fraction of sp³-hybridized carbons (Fsp3) is 0.385. The Hall–Kier alpha value is -1.89. The van der Waals surface area contributed by atoms with Crippen molar-refractivity contribution in [2.45, 2.75) is 36.2 Å². The second kappa shape index (κ2) is 5.62. The van der Waals surface area contributed by atoms with Crippen LogP contribution < -0.4 is 5.32 Å². The number of thioether (sulfide) groups is 1. The first-order valence-corrected chi connectivity index (χ1v) is 7.41. The Kier molecular flexibility index (Phi) is 3.68. The van der Waals surface area contributed by atoms with E-state index in [4.69, 9.17) is 0 Å². The van der Waals surface area contributed by atoms with Gasteiger partial charge in [-0.3, -0.25) is 14.9 Å². The quantitative estimate of drug-likeness (QED) is 0.817. The highest BCUT2D eigenvalue weighted by molar-refractivity contribution is 8.00. The lowest BCUT2D eigenvalue weighted by Crippen LogP contribution is -2.32. The number of nitrogens with one attached hydrogen (secondary N) is 2. The molecule has 2 N–H and O–H groups in total. The highest BCUT2D eigenvalue weighted by atomic mass is 32.2. The first kappa shape index (κ1) is 13.1. The molecule has 1 fully saturated rings. The Balaban J connectivity index is 1.63. The van der Waals surface area contributed by atoms with Gasteiger partial charge in [0.15, 0.2) is 5.82 Å². The van der Waals surface area contributed by atoms with Gasteiger partial charge in [0.2, 0.25) is 11.1 Å². The fourth-order valence-electron chi connectivity index (χ4n) is 1.67. The Bertz CT molecular complexity index is 596. The van der Waals surface area contributed by atoms with Crippen molar-refractivity contribution in [2.24, 2.45) is 0 Å². The van der Waals surface area contributed by atoms with Gasteiger partial charge in [0.1, 0.15) is 5.69 Å². The van der Waals surface area contributed by atoms with Gasteiger partial charge in [-0.15, -0.1) is 5.10 Å². The Morgan fingerprint density at radius 1 is 1.50 bits per heavy atom. The van der Waals surface area contributed by atoms with Gasteiger partial charge in [-0.05, 0) is 31.9 Å². The van der Waals surface area contributed by atoms with Gasteiger partial charge in [0.25, 0.3) is 0 Å². The van der Waals surface area contributed by atoms with Crippen molar-refractivity contribution in [1.82, 2.24) is 25.5 Å². The summed E-state index contributed by atoms with van der Waals surface area (Å²) in [6, 6.07) is 5.98. The van der Waals surface area contributed by atoms with Crippen molar-refractivity contribution >= 4 is 17.7 Å². The Labute approximate surface area is 120 Å². The molecule has 1 aliphatic carbocycles. The maximum atomic E-state index is 11.9. The van der Waals surface area contributed by atoms with Crippen molar-refractivity contribution in [3.63, 3.8) is 0 Å². The SMILES string of the molecule is CC(Sc1n[nH]c(-c2ccccn2)n1)C(=O)NC1CC1. The molecule has 7 heteroatoms. The van der Waals surface area contributed by atoms with E-state index in [0.717, 1.165) is 18.5 Å². The molecular weight excluding hydrogens is 274 g/mol. The minimum Gasteiger partial charge on any atom is -0.352 e. The number of amides is 1. The molecule has 20 heavy (non-hydrogen) atoms. The van der Waals surface area contributed by atoms with Gasteiger partial charge >= 0.3 is 0 Å². The normalized spacial score (nSPS) is 15.8. The number of hydrogen-bond donors (Lipinski definition) is 2. The number of aromatic amines is 1. The highest BCUT2D eigenvalue weighted by Crippen LogP contribution is 2.24. The zero-order valence-corrected chi connectivity index (χ0v) is 11.9. The van der Waals surface area contributed by atoms with Crippen LogP contribution in [0.1, 0.15) is 19.8 Å². The topological polar surface area (TPSA) is 83.6 Å². The Morgan fingerprint density at radius 3 is 3.05 bits per heavy atom. The molecule has 6 nitrogen and oxygen atoms in total. The molecule has 1 amide bonds. The average Bonchev–Trinajstić information content (AvgIpc) is 3.16. The number of pyridine rings is 1. The molecule has 0 bridgehead atoms. The van der Waals surface area contributed by atoms with Gasteiger partial charge in [0.05, 0.1) is 5.25 Å². The first-order chi connectivity index (χ1) is 9.72. The van der Waals surface area contributed by atoms with E-state index in [1.165, 1.54) is 11.8 Å². The zero-order chi connectivity index (χ0) is 13.9. The molecule has 2 aromatic rings. The van der Waals surface area contributed by atoms with Gasteiger partial charge in [-0.1, -0.05) is 17.8 Å². The summed E-state index contributed by atoms with van der Waals surface area (Å²) in [6.45, 7) is 1.86. The lowest BCUT2D eigenvalue weighted by Gasteiger charge is -2.08. The molecule has 1 saturated carbocycles. The van der Waals surface area contributed by atoms with E-state index < -0.39 is 0 Å². The van der Waals surface area contributed by atoms with Crippen LogP contribution in [0.4, 0.5) is 0 Å². The second-order valence-electron chi connectivity index (χ2n) is 4.72. The molecule has 0 aliphatic heterocycles. The molecule has 1 atom stereocenters. The smallest absolute Gasteiger partial charge is 0.233 e. The summed E-state index contributed by atoms with van der Waals surface area (Å²) in [5, 5.41) is 10.3. The van der Waals surface area contributed by atoms with Gasteiger partial charge < -0.3 is 5.32 Å². The third kappa shape index (κ3) is 3.16. The van der Waals surface area contributed by atoms with Crippen LogP contribution in [0.2, 0.25) is 0 Å². The van der Waals surface area contributed by atoms with Gasteiger partial charge in [-0.25, -0.2) is 0 Å². The van der Waals surface area contributed by atoms with E-state index in [1.807, 2.05) is 25.1 Å². The van der Waals surface area contributed by atoms with Crippen LogP contribution in [0.25, 0.3) is 11.5 Å². The molecular formula is C13H15N5OS. The van der Waals surface area contributed by atoms with Crippen molar-refractivity contribution in [3.05, 3.63) is 24.4 Å². The third-order valence-electron chi connectivity index (χ3n) is 2.95. The molecule has 2 aromatic heterocycles. The molecule has 1 aliphatic rings. The molecule has 1 unspecified atom stereocenters. The summed E-state index contributed by atoms with van der Waals surface area (Å²) in [4.78, 5) is 20.4. The van der Waals surface area contributed by atoms with Crippen LogP contribution in [0.5, 0.6) is 0 Å². The summed E-state index contributed by atoms with van der Waals surface area (Å²) in [5.41, 5.74) is 0.738. The fourth-order valence-corrected chi connectivity index (χ4v) is 2.41. The molecule has 3 rings (SSSR count). The zero-order valence-electron chi connectivity index (χ0n) is 11.0. The minimum atomic E-state index is -0.206. The van der Waals surface area contributed by atoms with E-state index >= 15 is 0 Å². The predicted molar refractivity (Wildman–Crippen MR) is 76.1 cm³/mol. The van der Waals surface area contributed by atoms with E-state index in [-0.39, 0.29) is 11.2 Å². The summed E-state index contributed by atoms with van der Waals surface area (Å²) in [7, 11) is 0. The summed E-state index contributed by atoms with van der Waals surface area (Å²) >= 11 is 1.34. The van der Waals surface area contributed by atoms with Crippen LogP contribution in [-0.2, 0) is 4.79 Å². The molecule has 104 valence electrons. The summed E-state index contributed by atoms with van der Waals surface area (Å²) in [5.74, 6) is 0.657. The first-order valence-electron chi connectivity index (χ1n) is 6.53. The lowest BCUT2D eigenvalue weighted by molar-refractivity contribution is -0.120. The third-order valence-corrected chi connectivity index (χ3v) is 3.91. The average molecular weight is 289 g/mol. The van der Waals surface area contributed by atoms with Crippen molar-refractivity contribution in [3.8, 4) is 11.5 Å². The molecule has 2 heterocycles. The molecule has 0 aromatic carbocycles. The van der Waals surface area contributed by atoms with E-state index in [1.54, 1.807) is 6.20 Å². The van der Waals surface area contributed by atoms with Crippen LogP contribution in [0.3, 0.4) is 0 Å². The second-order valence-corrected chi connectivity index (χ2v) is 6.03. The number of nitrogens with zero attached hydrogens (tertiary/aromatic N) is 3. The van der Waals surface area contributed by atoms with Crippen LogP contribution in [0.15, 0.2) is 29.6 Å². The number of carbonyl (C=O) groups is 1. The number of hydrogen-bond acceptors (Lipinski definition) is 5. The van der Waals surface area contributed by atoms with Gasteiger partial charge in [-0.2, -0.15) is 4.98 Å². The lowest BCUT2D eigenvalue weighted by atomic mass is 10.3. The maximum absolute atomic E-state index is 11.9. The summed E-state index contributed by atoms with van der Waals surface area (Å²) in [6.07, 6.45) is 3.89. The van der Waals surface area contributed by atoms with Crippen LogP contribution in [0, 0.1) is 0 Å². The maximum Gasteiger partial charge on any atom is 0.233 e. The molecule has 0 radical (unpaired) electrons. The monoisotopic (exact) mass is 289 g/mol. The van der Waals surface area contributed by atoms with Crippen LogP contribution >= 0.6 is 11.8 Å². The minimum absolute atomic E-state index is 0.0432. The molecule has 0 saturated heterocycles. The van der Waals surface area contributed by atoms with E-state index in [9.17, 15) is 4.79 Å². The number of rotatable bonds is 5. The molecule has 0 spiro atoms. The standard InChI is InChI=1S/C13H15N5OS/c1-8(12(19)15-9-5-6-9)20-13-16-11(17-18-13)10-4-2-3-7-14-10/h2-4,7-9H,5-6H2,1H3,(H,15,19)(H,16,17,18). The summed E-state index contributed by atoms with van der Waals surface area (Å²) < 4.78 is 0. The Morgan fingerprint density at radius 2 is 2.35 bits per heavy atom. The number of H-pyrrole nitrogens is 1. The van der Waals surface area contributed by atoms with Crippen molar-refractivity contribution in [1.29, 1.82) is 0 Å². The predicted octanol–water partition coefficient (Wildman–Crippen LogP) is 1.63.